The summed E-state index contributed by atoms with van der Waals surface area (Å²) in [7, 11) is 0. The Bertz CT molecular complexity index is 299. The van der Waals surface area contributed by atoms with Crippen molar-refractivity contribution in [3.8, 4) is 0 Å². The van der Waals surface area contributed by atoms with Gasteiger partial charge >= 0.3 is 11.9 Å². The Morgan fingerprint density at radius 3 is 1.55 bits per heavy atom. The molecule has 1 rings (SSSR count). The summed E-state index contributed by atoms with van der Waals surface area (Å²) in [6, 6.07) is 0. The third kappa shape index (κ3) is 6.75. The molecule has 6 nitrogen and oxygen atoms in total. The second-order valence-electron chi connectivity index (χ2n) is 5.23. The van der Waals surface area contributed by atoms with Gasteiger partial charge < -0.3 is 18.9 Å². The van der Waals surface area contributed by atoms with Crippen LogP contribution in [0.4, 0.5) is 0 Å². The smallest absolute Gasteiger partial charge is 0.309 e. The molecule has 1 aliphatic carbocycles. The molecule has 128 valence electrons. The van der Waals surface area contributed by atoms with E-state index in [1.54, 1.807) is 0 Å². The molecule has 0 bridgehead atoms. The lowest BCUT2D eigenvalue weighted by molar-refractivity contribution is -0.164. The third-order valence-corrected chi connectivity index (χ3v) is 3.72. The molecule has 0 aliphatic heterocycles. The maximum Gasteiger partial charge on any atom is 0.309 e. The molecule has 0 heterocycles. The molecular weight excluding hydrogens is 288 g/mol. The number of rotatable bonds is 10. The van der Waals surface area contributed by atoms with E-state index in [4.69, 9.17) is 18.9 Å². The topological polar surface area (TPSA) is 71.1 Å². The average Bonchev–Trinajstić information content (AvgIpc) is 2.55. The van der Waals surface area contributed by atoms with E-state index in [0.29, 0.717) is 39.3 Å². The largest absolute Gasteiger partial charge is 0.463 e. The van der Waals surface area contributed by atoms with Crippen LogP contribution >= 0.6 is 0 Å². The monoisotopic (exact) mass is 316 g/mol. The van der Waals surface area contributed by atoms with Crippen LogP contribution in [0.25, 0.3) is 0 Å². The molecular formula is C16H28O6. The number of carbonyl (C=O) groups is 2. The standard InChI is InChI=1S/C16H28O6/c1-3-19-9-11-21-15(17)13-7-5-6-8-14(13)16(18)22-12-10-20-4-2/h13-14H,3-12H2,1-2H3. The molecule has 1 fully saturated rings. The van der Waals surface area contributed by atoms with Crippen molar-refractivity contribution in [3.63, 3.8) is 0 Å². The Hall–Kier alpha value is -1.14. The fourth-order valence-corrected chi connectivity index (χ4v) is 2.60. The summed E-state index contributed by atoms with van der Waals surface area (Å²) in [5, 5.41) is 0. The average molecular weight is 316 g/mol. The summed E-state index contributed by atoms with van der Waals surface area (Å²) in [6.45, 7) is 6.20. The minimum Gasteiger partial charge on any atom is -0.463 e. The molecule has 0 aromatic rings. The quantitative estimate of drug-likeness (QED) is 0.453. The van der Waals surface area contributed by atoms with Crippen molar-refractivity contribution in [1.29, 1.82) is 0 Å². The van der Waals surface area contributed by atoms with Gasteiger partial charge in [-0.15, -0.1) is 0 Å². The van der Waals surface area contributed by atoms with E-state index >= 15 is 0 Å². The number of ether oxygens (including phenoxy) is 4. The highest BCUT2D eigenvalue weighted by Crippen LogP contribution is 2.32. The van der Waals surface area contributed by atoms with Crippen LogP contribution in [-0.2, 0) is 28.5 Å². The first kappa shape index (κ1) is 18.9. The van der Waals surface area contributed by atoms with Crippen LogP contribution in [0.3, 0.4) is 0 Å². The number of hydrogen-bond acceptors (Lipinski definition) is 6. The zero-order chi connectivity index (χ0) is 16.2. The van der Waals surface area contributed by atoms with E-state index in [2.05, 4.69) is 0 Å². The highest BCUT2D eigenvalue weighted by atomic mass is 16.6. The van der Waals surface area contributed by atoms with E-state index in [9.17, 15) is 9.59 Å². The van der Waals surface area contributed by atoms with E-state index in [-0.39, 0.29) is 25.2 Å². The molecule has 2 unspecified atom stereocenters. The van der Waals surface area contributed by atoms with Crippen molar-refractivity contribution in [2.75, 3.05) is 39.6 Å². The SMILES string of the molecule is CCOCCOC(=O)C1CCCCC1C(=O)OCCOCC. The fourth-order valence-electron chi connectivity index (χ4n) is 2.60. The first-order valence-corrected chi connectivity index (χ1v) is 8.19. The van der Waals surface area contributed by atoms with Crippen LogP contribution in [0.2, 0.25) is 0 Å². The lowest BCUT2D eigenvalue weighted by atomic mass is 9.79. The van der Waals surface area contributed by atoms with Gasteiger partial charge in [0.15, 0.2) is 0 Å². The van der Waals surface area contributed by atoms with Crippen molar-refractivity contribution < 1.29 is 28.5 Å². The Labute approximate surface area is 132 Å². The summed E-state index contributed by atoms with van der Waals surface area (Å²) in [6.07, 6.45) is 3.24. The molecule has 22 heavy (non-hydrogen) atoms. The van der Waals surface area contributed by atoms with E-state index in [1.165, 1.54) is 0 Å². The molecule has 0 aromatic heterocycles. The molecule has 0 N–H and O–H groups in total. The van der Waals surface area contributed by atoms with Crippen LogP contribution in [0.5, 0.6) is 0 Å². The Balaban J connectivity index is 2.40. The first-order chi connectivity index (χ1) is 10.7. The van der Waals surface area contributed by atoms with Gasteiger partial charge in [-0.2, -0.15) is 0 Å². The predicted molar refractivity (Wildman–Crippen MR) is 80.4 cm³/mol. The van der Waals surface area contributed by atoms with Gasteiger partial charge in [0, 0.05) is 13.2 Å². The molecule has 2 atom stereocenters. The van der Waals surface area contributed by atoms with Gasteiger partial charge in [0.25, 0.3) is 0 Å². The van der Waals surface area contributed by atoms with Crippen molar-refractivity contribution >= 4 is 11.9 Å². The van der Waals surface area contributed by atoms with Crippen molar-refractivity contribution in [2.45, 2.75) is 39.5 Å². The predicted octanol–water partition coefficient (Wildman–Crippen LogP) is 1.95. The second-order valence-corrected chi connectivity index (χ2v) is 5.23. The minimum atomic E-state index is -0.394. The summed E-state index contributed by atoms with van der Waals surface area (Å²) < 4.78 is 20.7. The number of carbonyl (C=O) groups excluding carboxylic acids is 2. The van der Waals surface area contributed by atoms with Gasteiger partial charge in [0.05, 0.1) is 25.0 Å². The normalized spacial score (nSPS) is 21.4. The molecule has 0 aromatic carbocycles. The summed E-state index contributed by atoms with van der Waals surface area (Å²) >= 11 is 0. The molecule has 1 aliphatic rings. The van der Waals surface area contributed by atoms with Gasteiger partial charge in [-0.05, 0) is 26.7 Å². The van der Waals surface area contributed by atoms with Crippen LogP contribution in [0.1, 0.15) is 39.5 Å². The summed E-state index contributed by atoms with van der Waals surface area (Å²) in [4.78, 5) is 24.3. The van der Waals surface area contributed by atoms with Crippen LogP contribution in [0, 0.1) is 11.8 Å². The van der Waals surface area contributed by atoms with Crippen molar-refractivity contribution in [2.24, 2.45) is 11.8 Å². The molecule has 0 amide bonds. The Morgan fingerprint density at radius 2 is 1.18 bits per heavy atom. The van der Waals surface area contributed by atoms with Gasteiger partial charge in [-0.1, -0.05) is 12.8 Å². The van der Waals surface area contributed by atoms with Crippen molar-refractivity contribution in [1.82, 2.24) is 0 Å². The Kier molecular flexibility index (Phi) is 9.82. The van der Waals surface area contributed by atoms with E-state index in [0.717, 1.165) is 12.8 Å². The zero-order valence-electron chi connectivity index (χ0n) is 13.7. The highest BCUT2D eigenvalue weighted by Gasteiger charge is 2.37. The first-order valence-electron chi connectivity index (χ1n) is 8.19. The highest BCUT2D eigenvalue weighted by molar-refractivity contribution is 5.82. The molecule has 0 radical (unpaired) electrons. The number of esters is 2. The van der Waals surface area contributed by atoms with Gasteiger partial charge in [0.1, 0.15) is 13.2 Å². The second kappa shape index (κ2) is 11.4. The lowest BCUT2D eigenvalue weighted by Gasteiger charge is -2.28. The van der Waals surface area contributed by atoms with Gasteiger partial charge in [-0.3, -0.25) is 9.59 Å². The maximum atomic E-state index is 12.1. The maximum absolute atomic E-state index is 12.1. The van der Waals surface area contributed by atoms with Gasteiger partial charge in [0.2, 0.25) is 0 Å². The molecule has 1 saturated carbocycles. The summed E-state index contributed by atoms with van der Waals surface area (Å²) in [5.41, 5.74) is 0. The molecule has 6 heteroatoms. The molecule has 0 spiro atoms. The van der Waals surface area contributed by atoms with Crippen LogP contribution in [-0.4, -0.2) is 51.6 Å². The fraction of sp³-hybridized carbons (Fsp3) is 0.875. The Morgan fingerprint density at radius 1 is 0.773 bits per heavy atom. The van der Waals surface area contributed by atoms with E-state index in [1.807, 2.05) is 13.8 Å². The minimum absolute atomic E-state index is 0.231. The number of hydrogen-bond donors (Lipinski definition) is 0. The van der Waals surface area contributed by atoms with Crippen LogP contribution in [0.15, 0.2) is 0 Å². The lowest BCUT2D eigenvalue weighted by Crippen LogP contribution is -2.35. The van der Waals surface area contributed by atoms with E-state index < -0.39 is 11.8 Å². The van der Waals surface area contributed by atoms with Crippen LogP contribution < -0.4 is 0 Å². The molecule has 0 saturated heterocycles. The van der Waals surface area contributed by atoms with Crippen molar-refractivity contribution in [3.05, 3.63) is 0 Å². The summed E-state index contributed by atoms with van der Waals surface area (Å²) in [5.74, 6) is -1.41. The zero-order valence-corrected chi connectivity index (χ0v) is 13.7. The van der Waals surface area contributed by atoms with Gasteiger partial charge in [-0.25, -0.2) is 0 Å². The third-order valence-electron chi connectivity index (χ3n) is 3.72.